The average molecular weight is 239 g/mol. The summed E-state index contributed by atoms with van der Waals surface area (Å²) >= 11 is 0. The molecule has 0 rings (SSSR count). The second-order valence-electron chi connectivity index (χ2n) is 4.44. The topological polar surface area (TPSA) is 49.1 Å². The number of hydrogen-bond acceptors (Lipinski definition) is 2. The third-order valence-electron chi connectivity index (χ3n) is 2.21. The molecular weight excluding hydrogens is 209 g/mol. The first-order valence-corrected chi connectivity index (χ1v) is 6.47. The Morgan fingerprint density at radius 2 is 1.44 bits per heavy atom. The van der Waals surface area contributed by atoms with Crippen molar-refractivity contribution < 1.29 is 34.7 Å². The van der Waals surface area contributed by atoms with E-state index in [0.29, 0.717) is 0 Å². The van der Waals surface area contributed by atoms with Crippen molar-refractivity contribution in [3.8, 4) is 0 Å². The first kappa shape index (κ1) is 22.1. The Hall–Kier alpha value is 0.920. The minimum atomic E-state index is 0. The van der Waals surface area contributed by atoms with E-state index in [9.17, 15) is 5.11 Å². The average Bonchev–Trinajstić information content (AvgIpc) is 2.23. The van der Waals surface area contributed by atoms with Crippen LogP contribution >= 0.6 is 0 Å². The quantitative estimate of drug-likeness (QED) is 0.467. The van der Waals surface area contributed by atoms with E-state index in [1.165, 1.54) is 25.7 Å². The summed E-state index contributed by atoms with van der Waals surface area (Å²) in [6.45, 7) is 7.51. The predicted molar refractivity (Wildman–Crippen MR) is 66.8 cm³/mol. The molecule has 2 nitrogen and oxygen atoms in total. The van der Waals surface area contributed by atoms with Crippen molar-refractivity contribution in [1.29, 1.82) is 0 Å². The van der Waals surface area contributed by atoms with Gasteiger partial charge in [-0.15, -0.1) is 6.61 Å². The van der Waals surface area contributed by atoms with E-state index in [1.54, 1.807) is 0 Å². The molecule has 0 aliphatic rings. The van der Waals surface area contributed by atoms with Gasteiger partial charge in [-0.3, -0.25) is 0 Å². The molecule has 0 aliphatic carbocycles. The van der Waals surface area contributed by atoms with Gasteiger partial charge in [-0.2, -0.15) is 0 Å². The van der Waals surface area contributed by atoms with Gasteiger partial charge in [0.05, 0.1) is 0 Å². The molecule has 0 unspecified atom stereocenters. The standard InChI is InChI=1S/C10H21O.C3H9N.Na/c1-10(2)8-6-4-3-5-7-9-11;1-2-3-4;/h10H,3-9H2,1-2H3;2-4H2,1H3;/q-1;;+1. The number of hydrogen-bond donors (Lipinski definition) is 1. The first-order chi connectivity index (χ1) is 7.18. The summed E-state index contributed by atoms with van der Waals surface area (Å²) in [5.74, 6) is 0.842. The smallest absolute Gasteiger partial charge is 0.854 e. The summed E-state index contributed by atoms with van der Waals surface area (Å²) in [6, 6.07) is 0. The van der Waals surface area contributed by atoms with Crippen LogP contribution in [0.4, 0.5) is 0 Å². The first-order valence-electron chi connectivity index (χ1n) is 6.47. The summed E-state index contributed by atoms with van der Waals surface area (Å²) in [7, 11) is 0. The molecule has 0 saturated heterocycles. The maximum absolute atomic E-state index is 10.1. The van der Waals surface area contributed by atoms with Crippen LogP contribution < -0.4 is 40.4 Å². The van der Waals surface area contributed by atoms with Crippen molar-refractivity contribution in [2.75, 3.05) is 13.2 Å². The molecule has 16 heavy (non-hydrogen) atoms. The molecule has 0 heterocycles. The maximum Gasteiger partial charge on any atom is 1.00 e. The second-order valence-corrected chi connectivity index (χ2v) is 4.44. The van der Waals surface area contributed by atoms with Crippen LogP contribution in [0, 0.1) is 5.92 Å². The Kier molecular flexibility index (Phi) is 29.4. The fourth-order valence-electron chi connectivity index (χ4n) is 1.18. The molecule has 0 saturated carbocycles. The molecule has 2 N–H and O–H groups in total. The van der Waals surface area contributed by atoms with Gasteiger partial charge in [-0.1, -0.05) is 59.3 Å². The summed E-state index contributed by atoms with van der Waals surface area (Å²) in [5.41, 5.74) is 5.03. The van der Waals surface area contributed by atoms with Gasteiger partial charge in [0.1, 0.15) is 0 Å². The molecule has 0 bridgehead atoms. The van der Waals surface area contributed by atoms with Crippen molar-refractivity contribution in [1.82, 2.24) is 0 Å². The summed E-state index contributed by atoms with van der Waals surface area (Å²) in [4.78, 5) is 0. The van der Waals surface area contributed by atoms with E-state index in [-0.39, 0.29) is 36.2 Å². The minimum absolute atomic E-state index is 0. The van der Waals surface area contributed by atoms with E-state index in [2.05, 4.69) is 20.8 Å². The molecule has 0 spiro atoms. The van der Waals surface area contributed by atoms with Crippen LogP contribution in [0.2, 0.25) is 0 Å². The SMILES string of the molecule is CC(C)CCCCCCC[O-].CCCN.[Na+]. The van der Waals surface area contributed by atoms with Crippen molar-refractivity contribution in [3.63, 3.8) is 0 Å². The molecular formula is C13H30NNaO. The predicted octanol–water partition coefficient (Wildman–Crippen LogP) is -0.298. The van der Waals surface area contributed by atoms with Crippen LogP contribution in [0.3, 0.4) is 0 Å². The fraction of sp³-hybridized carbons (Fsp3) is 1.00. The number of rotatable bonds is 8. The summed E-state index contributed by atoms with van der Waals surface area (Å²) in [5, 5.41) is 10.1. The number of unbranched alkanes of at least 4 members (excludes halogenated alkanes) is 4. The van der Waals surface area contributed by atoms with Crippen LogP contribution in [-0.4, -0.2) is 13.2 Å². The molecule has 3 heteroatoms. The Bertz CT molecular complexity index is 97.9. The Morgan fingerprint density at radius 1 is 1.00 bits per heavy atom. The zero-order valence-electron chi connectivity index (χ0n) is 11.9. The van der Waals surface area contributed by atoms with Crippen molar-refractivity contribution in [3.05, 3.63) is 0 Å². The Labute approximate surface area is 125 Å². The van der Waals surface area contributed by atoms with Crippen molar-refractivity contribution >= 4 is 0 Å². The van der Waals surface area contributed by atoms with Crippen molar-refractivity contribution in [2.45, 2.75) is 65.7 Å². The molecule has 0 aliphatic heterocycles. The zero-order valence-corrected chi connectivity index (χ0v) is 13.9. The molecule has 0 atom stereocenters. The monoisotopic (exact) mass is 239 g/mol. The van der Waals surface area contributed by atoms with Crippen LogP contribution in [0.15, 0.2) is 0 Å². The maximum atomic E-state index is 10.1. The molecule has 0 aromatic heterocycles. The minimum Gasteiger partial charge on any atom is -0.854 e. The molecule has 0 aromatic carbocycles. The zero-order chi connectivity index (χ0) is 11.9. The Balaban J connectivity index is -0.000000292. The largest absolute Gasteiger partial charge is 1.00 e. The Morgan fingerprint density at radius 3 is 1.81 bits per heavy atom. The van der Waals surface area contributed by atoms with Gasteiger partial charge in [-0.05, 0) is 18.9 Å². The van der Waals surface area contributed by atoms with Crippen LogP contribution in [0.5, 0.6) is 0 Å². The van der Waals surface area contributed by atoms with Gasteiger partial charge in [0.2, 0.25) is 0 Å². The van der Waals surface area contributed by atoms with Crippen LogP contribution in [-0.2, 0) is 0 Å². The van der Waals surface area contributed by atoms with Gasteiger partial charge >= 0.3 is 29.6 Å². The van der Waals surface area contributed by atoms with Gasteiger partial charge in [0, 0.05) is 0 Å². The van der Waals surface area contributed by atoms with E-state index >= 15 is 0 Å². The van der Waals surface area contributed by atoms with Crippen LogP contribution in [0.1, 0.15) is 65.7 Å². The van der Waals surface area contributed by atoms with E-state index < -0.39 is 0 Å². The van der Waals surface area contributed by atoms with Gasteiger partial charge in [-0.25, -0.2) is 0 Å². The van der Waals surface area contributed by atoms with E-state index in [0.717, 1.165) is 31.7 Å². The van der Waals surface area contributed by atoms with Gasteiger partial charge < -0.3 is 10.8 Å². The molecule has 0 aromatic rings. The van der Waals surface area contributed by atoms with E-state index in [1.807, 2.05) is 0 Å². The third-order valence-corrected chi connectivity index (χ3v) is 2.21. The van der Waals surface area contributed by atoms with Gasteiger partial charge in [0.25, 0.3) is 0 Å². The molecule has 94 valence electrons. The summed E-state index contributed by atoms with van der Waals surface area (Å²) in [6.07, 6.45) is 8.38. The van der Waals surface area contributed by atoms with Gasteiger partial charge in [0.15, 0.2) is 0 Å². The molecule has 0 amide bonds. The van der Waals surface area contributed by atoms with E-state index in [4.69, 9.17) is 5.73 Å². The normalized spacial score (nSPS) is 9.38. The fourth-order valence-corrected chi connectivity index (χ4v) is 1.18. The third kappa shape index (κ3) is 29.4. The molecule has 0 radical (unpaired) electrons. The number of nitrogens with two attached hydrogens (primary N) is 1. The van der Waals surface area contributed by atoms with Crippen LogP contribution in [0.25, 0.3) is 0 Å². The molecule has 0 fully saturated rings. The van der Waals surface area contributed by atoms with Crippen molar-refractivity contribution in [2.24, 2.45) is 11.7 Å². The summed E-state index contributed by atoms with van der Waals surface area (Å²) < 4.78 is 0. The second kappa shape index (κ2) is 21.2.